The fraction of sp³-hybridized carbons (Fsp3) is 0.143. The predicted molar refractivity (Wildman–Crippen MR) is 138 cm³/mol. The third kappa shape index (κ3) is 4.69. The fourth-order valence-electron chi connectivity index (χ4n) is 4.25. The van der Waals surface area contributed by atoms with Gasteiger partial charge in [0.2, 0.25) is 0 Å². The summed E-state index contributed by atoms with van der Waals surface area (Å²) in [4.78, 5) is 17.3. The van der Waals surface area contributed by atoms with Crippen molar-refractivity contribution in [2.24, 2.45) is 0 Å². The molecule has 0 saturated heterocycles. The van der Waals surface area contributed by atoms with Crippen molar-refractivity contribution < 1.29 is 4.79 Å². The van der Waals surface area contributed by atoms with Gasteiger partial charge >= 0.3 is 0 Å². The Kier molecular flexibility index (Phi) is 6.22. The molecule has 1 amide bonds. The van der Waals surface area contributed by atoms with E-state index >= 15 is 0 Å². The number of benzene rings is 4. The van der Waals surface area contributed by atoms with Gasteiger partial charge in [-0.1, -0.05) is 70.5 Å². The van der Waals surface area contributed by atoms with Gasteiger partial charge in [-0.25, -0.2) is 4.98 Å². The third-order valence-corrected chi connectivity index (χ3v) is 6.44. The van der Waals surface area contributed by atoms with Crippen LogP contribution in [0.2, 0.25) is 0 Å². The summed E-state index contributed by atoms with van der Waals surface area (Å²) in [6.45, 7) is 1.37. The van der Waals surface area contributed by atoms with Crippen molar-refractivity contribution >= 4 is 43.6 Å². The lowest BCUT2D eigenvalue weighted by Crippen LogP contribution is -2.25. The summed E-state index contributed by atoms with van der Waals surface area (Å²) < 4.78 is 3.28. The second-order valence-electron chi connectivity index (χ2n) is 8.11. The van der Waals surface area contributed by atoms with Crippen LogP contribution in [0.15, 0.2) is 95.5 Å². The number of imidazole rings is 1. The van der Waals surface area contributed by atoms with Crippen LogP contribution in [-0.4, -0.2) is 22.0 Å². The molecule has 0 aliphatic carbocycles. The van der Waals surface area contributed by atoms with E-state index in [0.29, 0.717) is 12.1 Å². The Morgan fingerprint density at radius 1 is 0.879 bits per heavy atom. The second kappa shape index (κ2) is 9.59. The molecule has 0 atom stereocenters. The number of aryl methyl sites for hydroxylation is 1. The van der Waals surface area contributed by atoms with Gasteiger partial charge in [0.25, 0.3) is 5.91 Å². The molecular weight excluding hydrogens is 474 g/mol. The van der Waals surface area contributed by atoms with E-state index in [2.05, 4.69) is 86.5 Å². The fourth-order valence-corrected chi connectivity index (χ4v) is 4.51. The number of carbonyl (C=O) groups excluding carboxylic acids is 1. The Morgan fingerprint density at radius 2 is 1.64 bits per heavy atom. The van der Waals surface area contributed by atoms with Crippen molar-refractivity contribution in [2.75, 3.05) is 6.54 Å². The highest BCUT2D eigenvalue weighted by Crippen LogP contribution is 2.23. The quantitative estimate of drug-likeness (QED) is 0.266. The number of nitrogens with zero attached hydrogens (tertiary/aromatic N) is 2. The maximum atomic E-state index is 12.4. The summed E-state index contributed by atoms with van der Waals surface area (Å²) in [5, 5.41) is 5.54. The van der Waals surface area contributed by atoms with Gasteiger partial charge < -0.3 is 9.88 Å². The molecule has 5 rings (SSSR count). The smallest absolute Gasteiger partial charge is 0.251 e. The van der Waals surface area contributed by atoms with Gasteiger partial charge in [0.1, 0.15) is 5.82 Å². The number of amides is 1. The average molecular weight is 498 g/mol. The van der Waals surface area contributed by atoms with Crippen molar-refractivity contribution in [2.45, 2.75) is 19.4 Å². The van der Waals surface area contributed by atoms with E-state index in [1.165, 1.54) is 16.3 Å². The largest absolute Gasteiger partial charge is 0.352 e. The second-order valence-corrected chi connectivity index (χ2v) is 9.02. The van der Waals surface area contributed by atoms with E-state index in [1.54, 1.807) is 0 Å². The summed E-state index contributed by atoms with van der Waals surface area (Å²) in [5.41, 5.74) is 4.09. The first-order valence-electron chi connectivity index (χ1n) is 11.1. The van der Waals surface area contributed by atoms with E-state index in [-0.39, 0.29) is 5.91 Å². The third-order valence-electron chi connectivity index (χ3n) is 5.91. The van der Waals surface area contributed by atoms with Crippen LogP contribution in [-0.2, 0) is 13.0 Å². The minimum Gasteiger partial charge on any atom is -0.352 e. The SMILES string of the molecule is O=C(NCCCc1nc2ccccc2n1Cc1cccc2ccccc12)c1ccc(Br)cc1. The Bertz CT molecular complexity index is 1420. The zero-order chi connectivity index (χ0) is 22.6. The lowest BCUT2D eigenvalue weighted by molar-refractivity contribution is 0.0953. The molecule has 0 bridgehead atoms. The first-order valence-corrected chi connectivity index (χ1v) is 11.9. The molecule has 0 fully saturated rings. The zero-order valence-corrected chi connectivity index (χ0v) is 19.8. The van der Waals surface area contributed by atoms with Gasteiger partial charge in [-0.2, -0.15) is 0 Å². The maximum Gasteiger partial charge on any atom is 0.251 e. The highest BCUT2D eigenvalue weighted by atomic mass is 79.9. The molecule has 0 radical (unpaired) electrons. The summed E-state index contributed by atoms with van der Waals surface area (Å²) in [5.74, 6) is 0.994. The molecular formula is C28H24BrN3O. The molecule has 4 nitrogen and oxygen atoms in total. The van der Waals surface area contributed by atoms with Crippen LogP contribution in [0.25, 0.3) is 21.8 Å². The van der Waals surface area contributed by atoms with Crippen molar-refractivity contribution in [1.29, 1.82) is 0 Å². The molecule has 0 unspecified atom stereocenters. The van der Waals surface area contributed by atoms with Gasteiger partial charge in [-0.3, -0.25) is 4.79 Å². The van der Waals surface area contributed by atoms with E-state index < -0.39 is 0 Å². The van der Waals surface area contributed by atoms with Gasteiger partial charge in [-0.05, 0) is 59.2 Å². The Balaban J connectivity index is 1.34. The molecule has 0 spiro atoms. The monoisotopic (exact) mass is 497 g/mol. The van der Waals surface area contributed by atoms with Gasteiger partial charge in [-0.15, -0.1) is 0 Å². The molecule has 164 valence electrons. The number of para-hydroxylation sites is 2. The van der Waals surface area contributed by atoms with Crippen molar-refractivity contribution in [1.82, 2.24) is 14.9 Å². The van der Waals surface area contributed by atoms with Gasteiger partial charge in [0, 0.05) is 29.5 Å². The van der Waals surface area contributed by atoms with Crippen LogP contribution < -0.4 is 5.32 Å². The van der Waals surface area contributed by atoms with Crippen LogP contribution in [0.4, 0.5) is 0 Å². The van der Waals surface area contributed by atoms with Crippen LogP contribution in [0.3, 0.4) is 0 Å². The molecule has 0 saturated carbocycles. The van der Waals surface area contributed by atoms with Crippen molar-refractivity contribution in [3.05, 3.63) is 112 Å². The predicted octanol–water partition coefficient (Wildman–Crippen LogP) is 6.36. The minimum absolute atomic E-state index is 0.0493. The number of carbonyl (C=O) groups is 1. The zero-order valence-electron chi connectivity index (χ0n) is 18.2. The molecule has 4 aromatic carbocycles. The van der Waals surface area contributed by atoms with Gasteiger partial charge in [0.15, 0.2) is 0 Å². The number of rotatable bonds is 7. The molecule has 1 heterocycles. The molecule has 1 aromatic heterocycles. The van der Waals surface area contributed by atoms with E-state index in [0.717, 1.165) is 40.7 Å². The number of nitrogens with one attached hydrogen (secondary N) is 1. The maximum absolute atomic E-state index is 12.4. The Labute approximate surface area is 201 Å². The molecule has 0 aliphatic heterocycles. The summed E-state index contributed by atoms with van der Waals surface area (Å²) >= 11 is 3.40. The Morgan fingerprint density at radius 3 is 2.52 bits per heavy atom. The van der Waals surface area contributed by atoms with Crippen LogP contribution >= 0.6 is 15.9 Å². The number of halogens is 1. The first-order chi connectivity index (χ1) is 16.2. The van der Waals surface area contributed by atoms with E-state index in [4.69, 9.17) is 4.98 Å². The lowest BCUT2D eigenvalue weighted by Gasteiger charge is -2.12. The molecule has 1 N–H and O–H groups in total. The lowest BCUT2D eigenvalue weighted by atomic mass is 10.0. The number of hydrogen-bond acceptors (Lipinski definition) is 2. The summed E-state index contributed by atoms with van der Waals surface area (Å²) in [6, 6.07) is 30.7. The molecule has 33 heavy (non-hydrogen) atoms. The molecule has 0 aliphatic rings. The van der Waals surface area contributed by atoms with Crippen LogP contribution in [0, 0.1) is 0 Å². The highest BCUT2D eigenvalue weighted by Gasteiger charge is 2.12. The van der Waals surface area contributed by atoms with E-state index in [9.17, 15) is 4.79 Å². The van der Waals surface area contributed by atoms with E-state index in [1.807, 2.05) is 30.3 Å². The molecule has 5 aromatic rings. The number of hydrogen-bond donors (Lipinski definition) is 1. The topological polar surface area (TPSA) is 46.9 Å². The van der Waals surface area contributed by atoms with Crippen molar-refractivity contribution in [3.63, 3.8) is 0 Å². The highest BCUT2D eigenvalue weighted by molar-refractivity contribution is 9.10. The normalized spacial score (nSPS) is 11.2. The average Bonchev–Trinajstić information content (AvgIpc) is 3.19. The van der Waals surface area contributed by atoms with Gasteiger partial charge in [0.05, 0.1) is 11.0 Å². The molecule has 5 heteroatoms. The standard InChI is InChI=1S/C28H24BrN3O/c29-23-16-14-21(15-17-23)28(33)30-18-6-13-27-31-25-11-3-4-12-26(25)32(27)19-22-9-5-8-20-7-1-2-10-24(20)22/h1-5,7-12,14-17H,6,13,18-19H2,(H,30,33). The van der Waals surface area contributed by atoms with Crippen molar-refractivity contribution in [3.8, 4) is 0 Å². The first kappa shape index (κ1) is 21.4. The minimum atomic E-state index is -0.0493. The van der Waals surface area contributed by atoms with Crippen LogP contribution in [0.1, 0.15) is 28.2 Å². The van der Waals surface area contributed by atoms with Crippen LogP contribution in [0.5, 0.6) is 0 Å². The summed E-state index contributed by atoms with van der Waals surface area (Å²) in [7, 11) is 0. The Hall–Kier alpha value is -3.44. The summed E-state index contributed by atoms with van der Waals surface area (Å²) in [6.07, 6.45) is 1.61. The number of aromatic nitrogens is 2. The number of fused-ring (bicyclic) bond motifs is 2.